The molecule has 18 heavy (non-hydrogen) atoms. The Balaban J connectivity index is 2.09. The first-order chi connectivity index (χ1) is 8.81. The molecule has 1 saturated heterocycles. The molecule has 1 aromatic rings. The third kappa shape index (κ3) is 1.89. The van der Waals surface area contributed by atoms with E-state index in [1.807, 2.05) is 6.07 Å². The van der Waals surface area contributed by atoms with Crippen molar-refractivity contribution in [1.82, 2.24) is 5.32 Å². The maximum absolute atomic E-state index is 6.35. The molecule has 98 valence electrons. The zero-order valence-corrected chi connectivity index (χ0v) is 11.0. The molecule has 1 fully saturated rings. The van der Waals surface area contributed by atoms with E-state index in [0.717, 1.165) is 24.3 Å². The smallest absolute Gasteiger partial charge is 0.183 e. The zero-order valence-electron chi connectivity index (χ0n) is 10.3. The Hall–Kier alpha value is -1.13. The van der Waals surface area contributed by atoms with Gasteiger partial charge in [-0.3, -0.25) is 0 Å². The summed E-state index contributed by atoms with van der Waals surface area (Å²) in [7, 11) is 1.63. The van der Waals surface area contributed by atoms with Gasteiger partial charge in [-0.2, -0.15) is 0 Å². The first-order valence-corrected chi connectivity index (χ1v) is 6.58. The van der Waals surface area contributed by atoms with Crippen LogP contribution in [0.15, 0.2) is 6.07 Å². The number of fused-ring (bicyclic) bond motifs is 1. The second-order valence-corrected chi connectivity index (χ2v) is 4.86. The fourth-order valence-electron chi connectivity index (χ4n) is 2.56. The molecule has 1 unspecified atom stereocenters. The number of hydrogen-bond acceptors (Lipinski definition) is 4. The minimum absolute atomic E-state index is 0.285. The maximum atomic E-state index is 6.35. The molecule has 2 heterocycles. The van der Waals surface area contributed by atoms with Crippen LogP contribution in [0.1, 0.15) is 24.4 Å². The summed E-state index contributed by atoms with van der Waals surface area (Å²) in [4.78, 5) is 0. The average Bonchev–Trinajstić information content (AvgIpc) is 2.92. The van der Waals surface area contributed by atoms with Crippen LogP contribution in [-0.4, -0.2) is 26.9 Å². The van der Waals surface area contributed by atoms with Gasteiger partial charge in [0.2, 0.25) is 0 Å². The van der Waals surface area contributed by atoms with Gasteiger partial charge in [-0.25, -0.2) is 0 Å². The van der Waals surface area contributed by atoms with Gasteiger partial charge in [-0.15, -0.1) is 0 Å². The lowest BCUT2D eigenvalue weighted by molar-refractivity contribution is 0.170. The van der Waals surface area contributed by atoms with E-state index >= 15 is 0 Å². The van der Waals surface area contributed by atoms with Crippen molar-refractivity contribution in [3.8, 4) is 17.2 Å². The second kappa shape index (κ2) is 4.86. The first-order valence-electron chi connectivity index (χ1n) is 6.20. The second-order valence-electron chi connectivity index (χ2n) is 4.49. The van der Waals surface area contributed by atoms with Crippen LogP contribution in [0.25, 0.3) is 0 Å². The summed E-state index contributed by atoms with van der Waals surface area (Å²) in [6.45, 7) is 2.12. The van der Waals surface area contributed by atoms with Crippen molar-refractivity contribution in [3.63, 3.8) is 0 Å². The van der Waals surface area contributed by atoms with E-state index < -0.39 is 0 Å². The van der Waals surface area contributed by atoms with Gasteiger partial charge in [0.05, 0.1) is 7.11 Å². The number of halogens is 1. The van der Waals surface area contributed by atoms with Crippen LogP contribution >= 0.6 is 11.6 Å². The monoisotopic (exact) mass is 269 g/mol. The highest BCUT2D eigenvalue weighted by Crippen LogP contribution is 2.48. The summed E-state index contributed by atoms with van der Waals surface area (Å²) in [5.41, 5.74) is 1.06. The molecular weight excluding hydrogens is 254 g/mol. The van der Waals surface area contributed by atoms with Gasteiger partial charge in [0.1, 0.15) is 24.0 Å². The fourth-order valence-corrected chi connectivity index (χ4v) is 2.90. The third-order valence-electron chi connectivity index (χ3n) is 3.40. The molecule has 2 aliphatic heterocycles. The van der Waals surface area contributed by atoms with Crippen molar-refractivity contribution in [2.75, 3.05) is 26.9 Å². The largest absolute Gasteiger partial charge is 0.495 e. The minimum Gasteiger partial charge on any atom is -0.495 e. The lowest BCUT2D eigenvalue weighted by Gasteiger charge is -2.24. The zero-order chi connectivity index (χ0) is 12.5. The minimum atomic E-state index is 0.285. The first kappa shape index (κ1) is 11.9. The molecule has 3 rings (SSSR count). The summed E-state index contributed by atoms with van der Waals surface area (Å²) < 4.78 is 16.6. The Morgan fingerprint density at radius 3 is 2.94 bits per heavy atom. The fraction of sp³-hybridized carbons (Fsp3) is 0.538. The molecular formula is C13H16ClNO3. The Morgan fingerprint density at radius 2 is 2.22 bits per heavy atom. The highest BCUT2D eigenvalue weighted by atomic mass is 35.5. The third-order valence-corrected chi connectivity index (χ3v) is 3.74. The maximum Gasteiger partial charge on any atom is 0.183 e. The van der Waals surface area contributed by atoms with E-state index in [1.54, 1.807) is 7.11 Å². The van der Waals surface area contributed by atoms with Crippen molar-refractivity contribution in [2.24, 2.45) is 0 Å². The Bertz CT molecular complexity index is 458. The van der Waals surface area contributed by atoms with Crippen LogP contribution in [0.4, 0.5) is 0 Å². The van der Waals surface area contributed by atoms with Crippen molar-refractivity contribution >= 4 is 11.6 Å². The van der Waals surface area contributed by atoms with E-state index in [-0.39, 0.29) is 6.04 Å². The SMILES string of the molecule is COc1c(C2CCCN2)cc2c(c1Cl)OCCO2. The number of nitrogens with one attached hydrogen (secondary N) is 1. The normalized spacial score (nSPS) is 22.0. The van der Waals surface area contributed by atoms with Crippen LogP contribution in [0.5, 0.6) is 17.2 Å². The lowest BCUT2D eigenvalue weighted by atomic mass is 10.0. The molecule has 1 aromatic carbocycles. The van der Waals surface area contributed by atoms with E-state index in [1.165, 1.54) is 6.42 Å². The molecule has 2 aliphatic rings. The summed E-state index contributed by atoms with van der Waals surface area (Å²) in [6, 6.07) is 2.27. The van der Waals surface area contributed by atoms with E-state index in [0.29, 0.717) is 29.7 Å². The molecule has 0 radical (unpaired) electrons. The van der Waals surface area contributed by atoms with Gasteiger partial charge in [-0.05, 0) is 25.5 Å². The molecule has 0 amide bonds. The van der Waals surface area contributed by atoms with Gasteiger partial charge in [0.25, 0.3) is 0 Å². The quantitative estimate of drug-likeness (QED) is 0.896. The topological polar surface area (TPSA) is 39.7 Å². The Morgan fingerprint density at radius 1 is 1.39 bits per heavy atom. The summed E-state index contributed by atoms with van der Waals surface area (Å²) in [6.07, 6.45) is 2.26. The molecule has 1 N–H and O–H groups in total. The van der Waals surface area contributed by atoms with Crippen molar-refractivity contribution < 1.29 is 14.2 Å². The number of hydrogen-bond donors (Lipinski definition) is 1. The molecule has 4 nitrogen and oxygen atoms in total. The Kier molecular flexibility index (Phi) is 3.22. The number of ether oxygens (including phenoxy) is 3. The van der Waals surface area contributed by atoms with Crippen molar-refractivity contribution in [3.05, 3.63) is 16.7 Å². The Labute approximate surface area is 111 Å². The van der Waals surface area contributed by atoms with Gasteiger partial charge < -0.3 is 19.5 Å². The van der Waals surface area contributed by atoms with Crippen LogP contribution in [0.3, 0.4) is 0 Å². The van der Waals surface area contributed by atoms with Crippen molar-refractivity contribution in [1.29, 1.82) is 0 Å². The number of methoxy groups -OCH3 is 1. The van der Waals surface area contributed by atoms with Gasteiger partial charge in [-0.1, -0.05) is 11.6 Å². The highest BCUT2D eigenvalue weighted by Gasteiger charge is 2.27. The highest BCUT2D eigenvalue weighted by molar-refractivity contribution is 6.34. The lowest BCUT2D eigenvalue weighted by Crippen LogP contribution is -2.18. The molecule has 0 spiro atoms. The van der Waals surface area contributed by atoms with E-state index in [4.69, 9.17) is 25.8 Å². The van der Waals surface area contributed by atoms with Gasteiger partial charge >= 0.3 is 0 Å². The van der Waals surface area contributed by atoms with Crippen LogP contribution in [-0.2, 0) is 0 Å². The molecule has 1 atom stereocenters. The predicted octanol–water partition coefficient (Wildman–Crippen LogP) is 2.54. The molecule has 0 aromatic heterocycles. The molecule has 0 aliphatic carbocycles. The molecule has 0 bridgehead atoms. The number of benzene rings is 1. The van der Waals surface area contributed by atoms with E-state index in [2.05, 4.69) is 5.32 Å². The van der Waals surface area contributed by atoms with Crippen LogP contribution in [0, 0.1) is 0 Å². The standard InChI is InChI=1S/C13H16ClNO3/c1-16-12-8(9-3-2-4-15-9)7-10-13(11(12)14)18-6-5-17-10/h7,9,15H,2-6H2,1H3. The summed E-state index contributed by atoms with van der Waals surface area (Å²) >= 11 is 6.35. The summed E-state index contributed by atoms with van der Waals surface area (Å²) in [5, 5.41) is 3.96. The van der Waals surface area contributed by atoms with Gasteiger partial charge in [0, 0.05) is 11.6 Å². The average molecular weight is 270 g/mol. The summed E-state index contributed by atoms with van der Waals surface area (Å²) in [5.74, 6) is 2.01. The van der Waals surface area contributed by atoms with Crippen LogP contribution < -0.4 is 19.5 Å². The van der Waals surface area contributed by atoms with E-state index in [9.17, 15) is 0 Å². The van der Waals surface area contributed by atoms with Crippen LogP contribution in [0.2, 0.25) is 5.02 Å². The number of rotatable bonds is 2. The van der Waals surface area contributed by atoms with Crippen molar-refractivity contribution in [2.45, 2.75) is 18.9 Å². The predicted molar refractivity (Wildman–Crippen MR) is 69.0 cm³/mol. The molecule has 0 saturated carbocycles. The molecule has 5 heteroatoms. The van der Waals surface area contributed by atoms with Gasteiger partial charge in [0.15, 0.2) is 11.5 Å².